The number of ether oxygens (including phenoxy) is 3. The van der Waals surface area contributed by atoms with Gasteiger partial charge in [0.15, 0.2) is 23.3 Å². The molecule has 9 aliphatic rings. The molecule has 14 heterocycles. The number of benzene rings is 1. The monoisotopic (exact) mass is 1270 g/mol. The fourth-order valence-corrected chi connectivity index (χ4v) is 14.0. The van der Waals surface area contributed by atoms with Crippen LogP contribution in [0.25, 0.3) is 34.2 Å². The Labute approximate surface area is 543 Å². The Bertz CT molecular complexity index is 4160. The molecule has 0 spiro atoms. The van der Waals surface area contributed by atoms with Crippen molar-refractivity contribution in [2.45, 2.75) is 129 Å². The molecule has 0 radical (unpaired) electrons. The Kier molecular flexibility index (Phi) is 18.4. The number of pyridine rings is 5. The molecule has 9 fully saturated rings. The summed E-state index contributed by atoms with van der Waals surface area (Å²) >= 11 is 0. The van der Waals surface area contributed by atoms with E-state index in [-0.39, 0.29) is 71.1 Å². The number of aromatic nitrogens is 11. The molecule has 9 atom stereocenters. The number of nitrogens with zero attached hydrogens (tertiary/aromatic N) is 14. The number of hydrogen-bond donors (Lipinski definition) is 0. The van der Waals surface area contributed by atoms with Crippen LogP contribution in [0.5, 0.6) is 17.6 Å². The average Bonchev–Trinajstić information content (AvgIpc) is 0.801. The number of fused-ring (bicyclic) bond motifs is 9. The summed E-state index contributed by atoms with van der Waals surface area (Å²) < 4.78 is 46.7. The summed E-state index contributed by atoms with van der Waals surface area (Å²) in [6.45, 7) is 11.9. The zero-order valence-electron chi connectivity index (χ0n) is 53.0. The summed E-state index contributed by atoms with van der Waals surface area (Å²) in [5.41, 5.74) is 7.27. The van der Waals surface area contributed by atoms with Gasteiger partial charge in [-0.25, -0.2) is 58.6 Å². The van der Waals surface area contributed by atoms with Crippen molar-refractivity contribution in [1.82, 2.24) is 69.5 Å². The quantitative estimate of drug-likeness (QED) is 0.111. The van der Waals surface area contributed by atoms with Crippen LogP contribution in [-0.2, 0) is 0 Å². The van der Waals surface area contributed by atoms with Gasteiger partial charge in [0, 0.05) is 93.1 Å². The lowest BCUT2D eigenvalue weighted by Crippen LogP contribution is -2.59. The third-order valence-corrected chi connectivity index (χ3v) is 18.6. The molecule has 3 amide bonds. The van der Waals surface area contributed by atoms with Gasteiger partial charge in [-0.3, -0.25) is 19.4 Å². The first-order valence-corrected chi connectivity index (χ1v) is 32.1. The number of rotatable bonds is 12. The fourth-order valence-electron chi connectivity index (χ4n) is 14.0. The van der Waals surface area contributed by atoms with E-state index in [9.17, 15) is 23.2 Å². The summed E-state index contributed by atoms with van der Waals surface area (Å²) in [6.07, 6.45) is 24.1. The predicted molar refractivity (Wildman–Crippen MR) is 344 cm³/mol. The molecule has 9 aromatic rings. The molecule has 3 aliphatic carbocycles. The SMILES string of the molecule is Cc1ccc(OC2CC3CCC2N(C(=O)c2cccc(F)c2-c2ncc(F)cn2)C3)nc1.Cc1ccc(OC2CC3CCC2N(C(=O)c2nc(C)ccc2-c2ncccn2)C3)nc1.Cc1ccc(OC2CC3CCC2N(C(=O)c2ncc(C)cc2-c2ncccn2)C3)nc1. The highest BCUT2D eigenvalue weighted by molar-refractivity contribution is 6.01. The second-order valence-corrected chi connectivity index (χ2v) is 25.4. The van der Waals surface area contributed by atoms with Gasteiger partial charge in [0.05, 0.1) is 52.8 Å². The maximum atomic E-state index is 14.8. The van der Waals surface area contributed by atoms with Crippen LogP contribution in [0.4, 0.5) is 8.78 Å². The number of amides is 3. The first-order chi connectivity index (χ1) is 45.7. The predicted octanol–water partition coefficient (Wildman–Crippen LogP) is 11.4. The van der Waals surface area contributed by atoms with Crippen molar-refractivity contribution in [3.05, 3.63) is 203 Å². The minimum Gasteiger partial charge on any atom is -0.472 e. The Morgan fingerprint density at radius 2 is 0.872 bits per heavy atom. The summed E-state index contributed by atoms with van der Waals surface area (Å²) in [6, 6.07) is 25.0. The Morgan fingerprint density at radius 3 is 1.33 bits per heavy atom. The fraction of sp³-hybridized carbons (Fsp3) is 0.361. The van der Waals surface area contributed by atoms with Gasteiger partial charge in [-0.2, -0.15) is 0 Å². The normalized spacial score (nSPS) is 22.3. The van der Waals surface area contributed by atoms with Crippen molar-refractivity contribution >= 4 is 17.7 Å². The third-order valence-electron chi connectivity index (χ3n) is 18.6. The van der Waals surface area contributed by atoms with Gasteiger partial charge in [-0.1, -0.05) is 24.3 Å². The van der Waals surface area contributed by atoms with E-state index >= 15 is 0 Å². The number of aryl methyl sites for hydroxylation is 5. The van der Waals surface area contributed by atoms with Gasteiger partial charge in [0.25, 0.3) is 17.7 Å². The first-order valence-electron chi connectivity index (χ1n) is 32.1. The van der Waals surface area contributed by atoms with Gasteiger partial charge in [0.1, 0.15) is 35.5 Å². The van der Waals surface area contributed by atoms with Crippen LogP contribution >= 0.6 is 0 Å². The second-order valence-electron chi connectivity index (χ2n) is 25.4. The van der Waals surface area contributed by atoms with Crippen LogP contribution in [0.3, 0.4) is 0 Å². The smallest absolute Gasteiger partial charge is 0.273 e. The van der Waals surface area contributed by atoms with Crippen LogP contribution in [0.2, 0.25) is 0 Å². The summed E-state index contributed by atoms with van der Waals surface area (Å²) in [7, 11) is 0. The van der Waals surface area contributed by atoms with E-state index in [1.807, 2.05) is 111 Å². The van der Waals surface area contributed by atoms with E-state index in [0.29, 0.717) is 76.1 Å². The first kappa shape index (κ1) is 62.7. The van der Waals surface area contributed by atoms with E-state index < -0.39 is 11.6 Å². The maximum Gasteiger partial charge on any atom is 0.273 e. The maximum absolute atomic E-state index is 14.8. The van der Waals surface area contributed by atoms with Crippen LogP contribution < -0.4 is 14.2 Å². The zero-order chi connectivity index (χ0) is 65.0. The second kappa shape index (κ2) is 27.6. The van der Waals surface area contributed by atoms with Gasteiger partial charge in [0.2, 0.25) is 17.6 Å². The lowest BCUT2D eigenvalue weighted by molar-refractivity contribution is -0.0316. The highest BCUT2D eigenvalue weighted by atomic mass is 19.1. The van der Waals surface area contributed by atoms with Crippen molar-refractivity contribution in [1.29, 1.82) is 0 Å². The molecule has 6 bridgehead atoms. The highest BCUT2D eigenvalue weighted by Gasteiger charge is 2.48. The van der Waals surface area contributed by atoms with Crippen LogP contribution in [0, 0.1) is 64.0 Å². The summed E-state index contributed by atoms with van der Waals surface area (Å²) in [4.78, 5) is 94.1. The molecule has 94 heavy (non-hydrogen) atoms. The van der Waals surface area contributed by atoms with E-state index in [4.69, 9.17) is 14.2 Å². The van der Waals surface area contributed by atoms with E-state index in [1.165, 1.54) is 12.1 Å². The summed E-state index contributed by atoms with van der Waals surface area (Å²) in [5, 5.41) is 0. The molecule has 6 aliphatic heterocycles. The van der Waals surface area contributed by atoms with Crippen molar-refractivity contribution < 1.29 is 37.4 Å². The van der Waals surface area contributed by atoms with Crippen LogP contribution in [0.1, 0.15) is 117 Å². The molecule has 3 saturated carbocycles. The van der Waals surface area contributed by atoms with Gasteiger partial charge in [-0.05, 0) is 175 Å². The number of hydrogen-bond acceptors (Lipinski definition) is 17. The molecule has 18 rings (SSSR count). The molecule has 9 unspecified atom stereocenters. The largest absolute Gasteiger partial charge is 0.472 e. The van der Waals surface area contributed by atoms with Gasteiger partial charge in [-0.15, -0.1) is 0 Å². The molecular formula is C72H72F2N14O6. The Balaban J connectivity index is 0.000000128. The molecule has 8 aromatic heterocycles. The Hall–Kier alpha value is -10.1. The topological polar surface area (TPSA) is 230 Å². The van der Waals surface area contributed by atoms with E-state index in [2.05, 4.69) is 54.8 Å². The van der Waals surface area contributed by atoms with E-state index in [1.54, 1.807) is 60.3 Å². The van der Waals surface area contributed by atoms with Crippen molar-refractivity contribution in [3.63, 3.8) is 0 Å². The zero-order valence-corrected chi connectivity index (χ0v) is 53.0. The van der Waals surface area contributed by atoms with Crippen molar-refractivity contribution in [3.8, 4) is 51.8 Å². The minimum absolute atomic E-state index is 0.00690. The van der Waals surface area contributed by atoms with Gasteiger partial charge < -0.3 is 28.9 Å². The Morgan fingerprint density at radius 1 is 0.426 bits per heavy atom. The molecule has 6 saturated heterocycles. The molecule has 480 valence electrons. The number of carbonyl (C=O) groups excluding carboxylic acids is 3. The van der Waals surface area contributed by atoms with E-state index in [0.717, 1.165) is 111 Å². The average molecular weight is 1270 g/mol. The van der Waals surface area contributed by atoms with Crippen molar-refractivity contribution in [2.75, 3.05) is 19.6 Å². The lowest BCUT2D eigenvalue weighted by atomic mass is 9.77. The minimum atomic E-state index is -0.629. The van der Waals surface area contributed by atoms with Gasteiger partial charge >= 0.3 is 0 Å². The summed E-state index contributed by atoms with van der Waals surface area (Å²) in [5.74, 6) is 2.20. The van der Waals surface area contributed by atoms with Crippen LogP contribution in [0.15, 0.2) is 147 Å². The third kappa shape index (κ3) is 13.8. The van der Waals surface area contributed by atoms with Crippen LogP contribution in [-0.4, -0.2) is 143 Å². The standard InChI is InChI=1S/C24H22F2N4O2.2C24H25N5O2/c1-14-5-8-21(27-10-14)32-20-9-15-6-7-19(20)30(13-15)24(31)17-3-2-4-18(26)22(17)23-28-11-16(25)12-29-23;1-15-4-9-21(27-13-15)31-20-12-17-6-8-19(20)29(14-17)24(30)22-18(7-5-16(2)28-22)23-25-10-3-11-26-23;1-15-4-7-21(27-12-15)31-20-11-17-5-6-19(20)29(14-17)24(30)22-18(10-16(2)13-28-22)23-25-8-3-9-26-23/h2-5,8,10-12,15,19-20H,6-7,9,13H2,1H3;3-5,7,9-11,13,17,19-20H,6,8,12,14H2,1-2H3;3-4,7-10,12-13,17,19-20H,5-6,11,14H2,1-2H3. The highest BCUT2D eigenvalue weighted by Crippen LogP contribution is 2.42. The van der Waals surface area contributed by atoms with Crippen molar-refractivity contribution in [2.24, 2.45) is 17.8 Å². The number of carbonyl (C=O) groups is 3. The molecule has 1 aromatic carbocycles. The molecule has 20 nitrogen and oxygen atoms in total. The molecular weight excluding hydrogens is 1190 g/mol. The lowest BCUT2D eigenvalue weighted by Gasteiger charge is -2.49. The molecule has 0 N–H and O–H groups in total. The number of halogens is 2. The number of piperidine rings is 6. The molecule has 22 heteroatoms.